The number of rotatable bonds is 6. The first kappa shape index (κ1) is 22.6. The Bertz CT molecular complexity index is 945. The van der Waals surface area contributed by atoms with Crippen LogP contribution in [0.4, 0.5) is 4.39 Å². The maximum Gasteiger partial charge on any atom is 0.253 e. The van der Waals surface area contributed by atoms with Gasteiger partial charge in [-0.1, -0.05) is 0 Å². The molecule has 6 nitrogen and oxygen atoms in total. The van der Waals surface area contributed by atoms with Crippen LogP contribution in [0.1, 0.15) is 47.3 Å². The highest BCUT2D eigenvalue weighted by Crippen LogP contribution is 2.33. The summed E-state index contributed by atoms with van der Waals surface area (Å²) in [5.74, 6) is 0.315. The van der Waals surface area contributed by atoms with Gasteiger partial charge in [0.2, 0.25) is 5.91 Å². The lowest BCUT2D eigenvalue weighted by atomic mass is 9.95. The molecule has 2 unspecified atom stereocenters. The number of likely N-dealkylation sites (tertiary alicyclic amines) is 1. The third-order valence-corrected chi connectivity index (χ3v) is 5.77. The van der Waals surface area contributed by atoms with E-state index in [1.165, 1.54) is 24.3 Å². The SMILES string of the molecule is COc1cc(C)c(C(C)NC(=O)C2CCCN(C(=O)c3ccc(F)cc3)C2)cc1OC. The third-order valence-electron chi connectivity index (χ3n) is 5.77. The molecule has 2 atom stereocenters. The van der Waals surface area contributed by atoms with Crippen molar-refractivity contribution in [3.8, 4) is 11.5 Å². The highest BCUT2D eigenvalue weighted by atomic mass is 19.1. The fourth-order valence-electron chi connectivity index (χ4n) is 4.02. The van der Waals surface area contributed by atoms with E-state index in [4.69, 9.17) is 9.47 Å². The maximum atomic E-state index is 13.1. The molecule has 1 saturated heterocycles. The van der Waals surface area contributed by atoms with Gasteiger partial charge in [-0.25, -0.2) is 4.39 Å². The van der Waals surface area contributed by atoms with Crippen LogP contribution in [0.2, 0.25) is 0 Å². The van der Waals surface area contributed by atoms with Gasteiger partial charge in [-0.3, -0.25) is 9.59 Å². The third kappa shape index (κ3) is 5.16. The van der Waals surface area contributed by atoms with Crippen LogP contribution in [0.25, 0.3) is 0 Å². The van der Waals surface area contributed by atoms with Crippen molar-refractivity contribution in [2.45, 2.75) is 32.7 Å². The Morgan fingerprint density at radius 1 is 1.13 bits per heavy atom. The van der Waals surface area contributed by atoms with Gasteiger partial charge >= 0.3 is 0 Å². The molecule has 166 valence electrons. The number of aryl methyl sites for hydroxylation is 1. The molecule has 0 bridgehead atoms. The fraction of sp³-hybridized carbons (Fsp3) is 0.417. The molecule has 31 heavy (non-hydrogen) atoms. The van der Waals surface area contributed by atoms with Crippen LogP contribution in [-0.2, 0) is 4.79 Å². The lowest BCUT2D eigenvalue weighted by molar-refractivity contribution is -0.127. The average molecular weight is 429 g/mol. The van der Waals surface area contributed by atoms with Gasteiger partial charge in [0.15, 0.2) is 11.5 Å². The molecule has 1 aliphatic rings. The molecule has 0 aliphatic carbocycles. The molecular weight excluding hydrogens is 399 g/mol. The normalized spacial score (nSPS) is 17.1. The first-order valence-electron chi connectivity index (χ1n) is 10.4. The monoisotopic (exact) mass is 428 g/mol. The van der Waals surface area contributed by atoms with Crippen LogP contribution in [0.15, 0.2) is 36.4 Å². The minimum atomic E-state index is -0.383. The van der Waals surface area contributed by atoms with Crippen LogP contribution >= 0.6 is 0 Å². The van der Waals surface area contributed by atoms with Crippen molar-refractivity contribution in [2.75, 3.05) is 27.3 Å². The van der Waals surface area contributed by atoms with E-state index in [1.54, 1.807) is 19.1 Å². The van der Waals surface area contributed by atoms with Gasteiger partial charge in [0.1, 0.15) is 5.82 Å². The lowest BCUT2D eigenvalue weighted by Crippen LogP contribution is -2.45. The zero-order chi connectivity index (χ0) is 22.5. The standard InChI is InChI=1S/C24H29FN2O4/c1-15-12-21(30-3)22(31-4)13-20(15)16(2)26-23(28)18-6-5-11-27(14-18)24(29)17-7-9-19(25)10-8-17/h7-10,12-13,16,18H,5-6,11,14H2,1-4H3,(H,26,28). The number of nitrogens with one attached hydrogen (secondary N) is 1. The average Bonchev–Trinajstić information content (AvgIpc) is 2.78. The molecule has 0 spiro atoms. The predicted molar refractivity (Wildman–Crippen MR) is 116 cm³/mol. The van der Waals surface area contributed by atoms with Crippen molar-refractivity contribution in [1.29, 1.82) is 0 Å². The van der Waals surface area contributed by atoms with Crippen molar-refractivity contribution in [1.82, 2.24) is 10.2 Å². The van der Waals surface area contributed by atoms with Gasteiger partial charge in [-0.15, -0.1) is 0 Å². The molecule has 0 saturated carbocycles. The van der Waals surface area contributed by atoms with Crippen LogP contribution < -0.4 is 14.8 Å². The number of ether oxygens (including phenoxy) is 2. The van der Waals surface area contributed by atoms with E-state index in [1.807, 2.05) is 26.0 Å². The molecular formula is C24H29FN2O4. The summed E-state index contributed by atoms with van der Waals surface area (Å²) in [6.45, 7) is 4.82. The van der Waals surface area contributed by atoms with Gasteiger partial charge in [0, 0.05) is 18.7 Å². The van der Waals surface area contributed by atoms with E-state index >= 15 is 0 Å². The Labute approximate surface area is 182 Å². The summed E-state index contributed by atoms with van der Waals surface area (Å²) >= 11 is 0. The number of carbonyl (C=O) groups excluding carboxylic acids is 2. The summed E-state index contributed by atoms with van der Waals surface area (Å²) in [4.78, 5) is 27.4. The molecule has 0 radical (unpaired) electrons. The Morgan fingerprint density at radius 2 is 1.77 bits per heavy atom. The van der Waals surface area contributed by atoms with E-state index in [-0.39, 0.29) is 29.6 Å². The van der Waals surface area contributed by atoms with Crippen LogP contribution in [0, 0.1) is 18.7 Å². The van der Waals surface area contributed by atoms with Gasteiger partial charge < -0.3 is 19.7 Å². The summed E-state index contributed by atoms with van der Waals surface area (Å²) in [7, 11) is 3.17. The Hall–Kier alpha value is -3.09. The Kier molecular flexibility index (Phi) is 7.15. The van der Waals surface area contributed by atoms with Gasteiger partial charge in [-0.05, 0) is 74.2 Å². The molecule has 1 N–H and O–H groups in total. The van der Waals surface area contributed by atoms with Crippen molar-refractivity contribution in [3.63, 3.8) is 0 Å². The maximum absolute atomic E-state index is 13.1. The van der Waals surface area contributed by atoms with E-state index in [0.29, 0.717) is 30.2 Å². The highest BCUT2D eigenvalue weighted by Gasteiger charge is 2.30. The number of hydrogen-bond acceptors (Lipinski definition) is 4. The van der Waals surface area contributed by atoms with E-state index in [2.05, 4.69) is 5.32 Å². The van der Waals surface area contributed by atoms with Gasteiger partial charge in [-0.2, -0.15) is 0 Å². The minimum absolute atomic E-state index is 0.0849. The number of hydrogen-bond donors (Lipinski definition) is 1. The van der Waals surface area contributed by atoms with Gasteiger partial charge in [0.05, 0.1) is 26.2 Å². The number of benzene rings is 2. The summed E-state index contributed by atoms with van der Waals surface area (Å²) in [5.41, 5.74) is 2.36. The van der Waals surface area contributed by atoms with E-state index in [9.17, 15) is 14.0 Å². The molecule has 2 aromatic carbocycles. The topological polar surface area (TPSA) is 67.9 Å². The van der Waals surface area contributed by atoms with Crippen LogP contribution in [-0.4, -0.2) is 44.0 Å². The highest BCUT2D eigenvalue weighted by molar-refractivity contribution is 5.94. The predicted octanol–water partition coefficient (Wildman–Crippen LogP) is 3.88. The van der Waals surface area contributed by atoms with Crippen molar-refractivity contribution < 1.29 is 23.5 Å². The quantitative estimate of drug-likeness (QED) is 0.758. The molecule has 1 heterocycles. The molecule has 2 amide bonds. The molecule has 1 aliphatic heterocycles. The van der Waals surface area contributed by atoms with E-state index in [0.717, 1.165) is 24.0 Å². The number of nitrogens with zero attached hydrogens (tertiary/aromatic N) is 1. The second-order valence-corrected chi connectivity index (χ2v) is 7.89. The summed E-state index contributed by atoms with van der Waals surface area (Å²) in [5, 5.41) is 3.08. The minimum Gasteiger partial charge on any atom is -0.493 e. The number of halogens is 1. The van der Waals surface area contributed by atoms with Crippen LogP contribution in [0.3, 0.4) is 0 Å². The summed E-state index contributed by atoms with van der Waals surface area (Å²) < 4.78 is 23.9. The molecule has 1 fully saturated rings. The second kappa shape index (κ2) is 9.81. The second-order valence-electron chi connectivity index (χ2n) is 7.89. The Balaban J connectivity index is 1.67. The number of piperidine rings is 1. The molecule has 0 aromatic heterocycles. The van der Waals surface area contributed by atoms with Crippen molar-refractivity contribution in [3.05, 3.63) is 58.9 Å². The molecule has 7 heteroatoms. The van der Waals surface area contributed by atoms with E-state index < -0.39 is 0 Å². The summed E-state index contributed by atoms with van der Waals surface area (Å²) in [6, 6.07) is 9.04. The van der Waals surface area contributed by atoms with Gasteiger partial charge in [0.25, 0.3) is 5.91 Å². The number of methoxy groups -OCH3 is 2. The number of amides is 2. The number of carbonyl (C=O) groups is 2. The van der Waals surface area contributed by atoms with Crippen LogP contribution in [0.5, 0.6) is 11.5 Å². The smallest absolute Gasteiger partial charge is 0.253 e. The molecule has 3 rings (SSSR count). The van der Waals surface area contributed by atoms with Crippen molar-refractivity contribution >= 4 is 11.8 Å². The lowest BCUT2D eigenvalue weighted by Gasteiger charge is -2.33. The zero-order valence-corrected chi connectivity index (χ0v) is 18.4. The first-order valence-corrected chi connectivity index (χ1v) is 10.4. The fourth-order valence-corrected chi connectivity index (χ4v) is 4.02. The first-order chi connectivity index (χ1) is 14.8. The Morgan fingerprint density at radius 3 is 2.42 bits per heavy atom. The largest absolute Gasteiger partial charge is 0.493 e. The molecule has 2 aromatic rings. The zero-order valence-electron chi connectivity index (χ0n) is 18.4. The summed E-state index contributed by atoms with van der Waals surface area (Å²) in [6.07, 6.45) is 1.46. The van der Waals surface area contributed by atoms with Crippen molar-refractivity contribution in [2.24, 2.45) is 5.92 Å².